The number of carboxylic acid groups (broad SMARTS) is 1. The van der Waals surface area contributed by atoms with Crippen molar-refractivity contribution in [1.29, 1.82) is 0 Å². The number of aliphatic hydroxyl groups is 1. The molecule has 2 N–H and O–H groups in total. The average Bonchev–Trinajstić information content (AvgIpc) is 2.36. The van der Waals surface area contributed by atoms with Crippen molar-refractivity contribution >= 4 is 11.9 Å². The molecule has 0 aliphatic rings. The fraction of sp³-hybridized carbons (Fsp3) is 0.500. The number of hydrogen-bond acceptors (Lipinski definition) is 4. The predicted molar refractivity (Wildman–Crippen MR) is 78.1 cm³/mol. The number of ether oxygens (including phenoxy) is 1. The molecule has 0 aliphatic carbocycles. The molecule has 1 aromatic rings. The van der Waals surface area contributed by atoms with E-state index in [1.807, 2.05) is 13.8 Å². The highest BCUT2D eigenvalue weighted by Crippen LogP contribution is 2.30. The van der Waals surface area contributed by atoms with E-state index in [0.29, 0.717) is 12.3 Å². The normalized spacial score (nSPS) is 13.0. The molecule has 5 heteroatoms. The first-order chi connectivity index (χ1) is 9.65. The molecule has 1 rings (SSSR count). The molecule has 1 aromatic carbocycles. The van der Waals surface area contributed by atoms with Gasteiger partial charge in [-0.1, -0.05) is 39.8 Å². The summed E-state index contributed by atoms with van der Waals surface area (Å²) in [6, 6.07) is 5.77. The molecule has 0 heterocycles. The number of hydrogen-bond donors (Lipinski definition) is 2. The Hall–Kier alpha value is -1.88. The van der Waals surface area contributed by atoms with Crippen molar-refractivity contribution in [3.05, 3.63) is 35.4 Å². The molecule has 0 bridgehead atoms. The number of aliphatic hydroxyl groups excluding tert-OH is 1. The Morgan fingerprint density at radius 2 is 1.71 bits per heavy atom. The van der Waals surface area contributed by atoms with E-state index in [4.69, 9.17) is 9.84 Å². The molecule has 1 unspecified atom stereocenters. The van der Waals surface area contributed by atoms with Crippen LogP contribution in [0.15, 0.2) is 24.3 Å². The summed E-state index contributed by atoms with van der Waals surface area (Å²) >= 11 is 0. The Labute approximate surface area is 124 Å². The van der Waals surface area contributed by atoms with Crippen LogP contribution in [0.25, 0.3) is 0 Å². The maximum absolute atomic E-state index is 12.1. The van der Waals surface area contributed by atoms with Crippen molar-refractivity contribution in [3.63, 3.8) is 0 Å². The average molecular weight is 294 g/mol. The summed E-state index contributed by atoms with van der Waals surface area (Å²) < 4.78 is 5.05. The first kappa shape index (κ1) is 17.2. The SMILES string of the molecule is CC(C)CC(C)(C)C(O)OC(=O)c1ccccc1C(=O)O. The van der Waals surface area contributed by atoms with Gasteiger partial charge in [-0.25, -0.2) is 9.59 Å². The smallest absolute Gasteiger partial charge is 0.341 e. The summed E-state index contributed by atoms with van der Waals surface area (Å²) in [6.45, 7) is 7.62. The van der Waals surface area contributed by atoms with E-state index in [-0.39, 0.29) is 11.1 Å². The van der Waals surface area contributed by atoms with Crippen molar-refractivity contribution in [2.75, 3.05) is 0 Å². The van der Waals surface area contributed by atoms with Crippen LogP contribution in [0.3, 0.4) is 0 Å². The standard InChI is InChI=1S/C16H22O5/c1-10(2)9-16(3,4)15(20)21-14(19)12-8-6-5-7-11(12)13(17)18/h5-8,10,15,20H,9H2,1-4H3,(H,17,18). The minimum absolute atomic E-state index is 0.0654. The van der Waals surface area contributed by atoms with Crippen molar-refractivity contribution in [2.24, 2.45) is 11.3 Å². The van der Waals surface area contributed by atoms with E-state index in [0.717, 1.165) is 0 Å². The zero-order valence-electron chi connectivity index (χ0n) is 12.8. The number of rotatable bonds is 6. The number of aromatic carboxylic acids is 1. The molecular formula is C16H22O5. The first-order valence-electron chi connectivity index (χ1n) is 6.86. The Kier molecular flexibility index (Phi) is 5.49. The van der Waals surface area contributed by atoms with Crippen molar-refractivity contribution in [1.82, 2.24) is 0 Å². The van der Waals surface area contributed by atoms with Gasteiger partial charge in [-0.05, 0) is 24.5 Å². The third-order valence-electron chi connectivity index (χ3n) is 3.20. The number of carboxylic acids is 1. The lowest BCUT2D eigenvalue weighted by molar-refractivity contribution is -0.135. The highest BCUT2D eigenvalue weighted by molar-refractivity contribution is 6.02. The van der Waals surface area contributed by atoms with E-state index in [9.17, 15) is 14.7 Å². The van der Waals surface area contributed by atoms with E-state index >= 15 is 0 Å². The molecule has 1 atom stereocenters. The lowest BCUT2D eigenvalue weighted by Gasteiger charge is -2.31. The number of carbonyl (C=O) groups excluding carboxylic acids is 1. The molecule has 0 amide bonds. The van der Waals surface area contributed by atoms with Crippen LogP contribution in [0.4, 0.5) is 0 Å². The molecule has 0 aliphatic heterocycles. The van der Waals surface area contributed by atoms with Gasteiger partial charge in [-0.15, -0.1) is 0 Å². The van der Waals surface area contributed by atoms with Gasteiger partial charge < -0.3 is 14.9 Å². The number of carbonyl (C=O) groups is 2. The zero-order valence-corrected chi connectivity index (χ0v) is 12.8. The maximum atomic E-state index is 12.1. The Bertz CT molecular complexity index is 519. The fourth-order valence-electron chi connectivity index (χ4n) is 2.33. The van der Waals surface area contributed by atoms with Crippen LogP contribution >= 0.6 is 0 Å². The number of benzene rings is 1. The summed E-state index contributed by atoms with van der Waals surface area (Å²) in [5.41, 5.74) is -0.817. The molecule has 5 nitrogen and oxygen atoms in total. The van der Waals surface area contributed by atoms with E-state index in [1.165, 1.54) is 18.2 Å². The van der Waals surface area contributed by atoms with E-state index in [1.54, 1.807) is 19.9 Å². The second-order valence-corrected chi connectivity index (χ2v) is 6.19. The van der Waals surface area contributed by atoms with Crippen molar-refractivity contribution in [3.8, 4) is 0 Å². The highest BCUT2D eigenvalue weighted by Gasteiger charge is 2.32. The molecule has 0 aromatic heterocycles. The monoisotopic (exact) mass is 294 g/mol. The summed E-state index contributed by atoms with van der Waals surface area (Å²) in [7, 11) is 0. The van der Waals surface area contributed by atoms with Crippen LogP contribution in [-0.2, 0) is 4.74 Å². The second-order valence-electron chi connectivity index (χ2n) is 6.19. The predicted octanol–water partition coefficient (Wildman–Crippen LogP) is 2.93. The van der Waals surface area contributed by atoms with Crippen LogP contribution in [0.1, 0.15) is 54.8 Å². The van der Waals surface area contributed by atoms with E-state index in [2.05, 4.69) is 0 Å². The van der Waals surface area contributed by atoms with Gasteiger partial charge in [0.05, 0.1) is 11.1 Å². The highest BCUT2D eigenvalue weighted by atomic mass is 16.6. The molecule has 0 radical (unpaired) electrons. The molecule has 0 saturated carbocycles. The minimum Gasteiger partial charge on any atom is -0.478 e. The topological polar surface area (TPSA) is 83.8 Å². The molecule has 21 heavy (non-hydrogen) atoms. The molecule has 116 valence electrons. The molecule has 0 saturated heterocycles. The third kappa shape index (κ3) is 4.56. The molecule has 0 spiro atoms. The van der Waals surface area contributed by atoms with Gasteiger partial charge >= 0.3 is 11.9 Å². The Balaban J connectivity index is 2.89. The quantitative estimate of drug-likeness (QED) is 0.622. The lowest BCUT2D eigenvalue weighted by Crippen LogP contribution is -2.35. The fourth-order valence-corrected chi connectivity index (χ4v) is 2.33. The summed E-state index contributed by atoms with van der Waals surface area (Å²) in [5.74, 6) is -1.71. The summed E-state index contributed by atoms with van der Waals surface area (Å²) in [6.07, 6.45) is -0.628. The van der Waals surface area contributed by atoms with Crippen molar-refractivity contribution in [2.45, 2.75) is 40.4 Å². The summed E-state index contributed by atoms with van der Waals surface area (Å²) in [5, 5.41) is 19.2. The summed E-state index contributed by atoms with van der Waals surface area (Å²) in [4.78, 5) is 23.2. The van der Waals surface area contributed by atoms with Crippen LogP contribution < -0.4 is 0 Å². The van der Waals surface area contributed by atoms with Crippen molar-refractivity contribution < 1.29 is 24.5 Å². The minimum atomic E-state index is -1.30. The van der Waals surface area contributed by atoms with Crippen LogP contribution in [0, 0.1) is 11.3 Å². The lowest BCUT2D eigenvalue weighted by atomic mass is 9.83. The molecule has 0 fully saturated rings. The Morgan fingerprint density at radius 3 is 2.19 bits per heavy atom. The van der Waals surface area contributed by atoms with Crippen LogP contribution in [0.5, 0.6) is 0 Å². The van der Waals surface area contributed by atoms with Gasteiger partial charge in [0.25, 0.3) is 0 Å². The third-order valence-corrected chi connectivity index (χ3v) is 3.20. The first-order valence-corrected chi connectivity index (χ1v) is 6.86. The Morgan fingerprint density at radius 1 is 1.19 bits per heavy atom. The van der Waals surface area contributed by atoms with Gasteiger partial charge in [0, 0.05) is 5.41 Å². The van der Waals surface area contributed by atoms with Gasteiger partial charge in [0.1, 0.15) is 0 Å². The van der Waals surface area contributed by atoms with Crippen LogP contribution in [-0.4, -0.2) is 28.4 Å². The zero-order chi connectivity index (χ0) is 16.2. The van der Waals surface area contributed by atoms with Gasteiger partial charge in [-0.3, -0.25) is 0 Å². The number of esters is 1. The van der Waals surface area contributed by atoms with Gasteiger partial charge in [0.15, 0.2) is 0 Å². The maximum Gasteiger partial charge on any atom is 0.341 e. The second kappa shape index (κ2) is 6.72. The molecular weight excluding hydrogens is 272 g/mol. The van der Waals surface area contributed by atoms with E-state index < -0.39 is 23.6 Å². The largest absolute Gasteiger partial charge is 0.478 e. The van der Waals surface area contributed by atoms with Crippen LogP contribution in [0.2, 0.25) is 0 Å². The van der Waals surface area contributed by atoms with Gasteiger partial charge in [-0.2, -0.15) is 0 Å². The van der Waals surface area contributed by atoms with Gasteiger partial charge in [0.2, 0.25) is 6.29 Å².